The predicted octanol–water partition coefficient (Wildman–Crippen LogP) is 0.0482. The van der Waals surface area contributed by atoms with Crippen LogP contribution < -0.4 is 19.7 Å². The number of rotatable bonds is 9. The van der Waals surface area contributed by atoms with Crippen LogP contribution in [0.1, 0.15) is 19.8 Å². The fourth-order valence-corrected chi connectivity index (χ4v) is 3.05. The lowest BCUT2D eigenvalue weighted by Crippen LogP contribution is -3.14. The Balaban J connectivity index is 1.58. The molecule has 144 valence electrons. The van der Waals surface area contributed by atoms with Crippen LogP contribution in [0, 0.1) is 5.92 Å². The molecule has 0 saturated carbocycles. The van der Waals surface area contributed by atoms with E-state index in [0.717, 1.165) is 37.4 Å². The SMILES string of the molecule is CCOc1ccc(OCCNC(=O)C[NH+]2CCC(C(=O)OC)CC2)cc1. The molecule has 26 heavy (non-hydrogen) atoms. The van der Waals surface area contributed by atoms with E-state index >= 15 is 0 Å². The third-order valence-electron chi connectivity index (χ3n) is 4.47. The van der Waals surface area contributed by atoms with Gasteiger partial charge in [0.25, 0.3) is 5.91 Å². The maximum absolute atomic E-state index is 12.0. The number of methoxy groups -OCH3 is 1. The van der Waals surface area contributed by atoms with Crippen LogP contribution in [0.15, 0.2) is 24.3 Å². The number of piperidine rings is 1. The second kappa shape index (κ2) is 10.7. The molecule has 1 aliphatic rings. The van der Waals surface area contributed by atoms with Crippen molar-refractivity contribution in [1.29, 1.82) is 0 Å². The summed E-state index contributed by atoms with van der Waals surface area (Å²) < 4.78 is 15.8. The molecule has 1 saturated heterocycles. The zero-order chi connectivity index (χ0) is 18.8. The summed E-state index contributed by atoms with van der Waals surface area (Å²) in [5.41, 5.74) is 0. The Morgan fingerprint density at radius 3 is 2.31 bits per heavy atom. The molecule has 2 rings (SSSR count). The van der Waals surface area contributed by atoms with Crippen LogP contribution in [0.25, 0.3) is 0 Å². The van der Waals surface area contributed by atoms with Gasteiger partial charge in [0.05, 0.1) is 39.3 Å². The van der Waals surface area contributed by atoms with E-state index in [1.54, 1.807) is 0 Å². The first-order valence-electron chi connectivity index (χ1n) is 9.16. The van der Waals surface area contributed by atoms with Crippen LogP contribution in [-0.2, 0) is 14.3 Å². The van der Waals surface area contributed by atoms with Crippen LogP contribution in [0.2, 0.25) is 0 Å². The summed E-state index contributed by atoms with van der Waals surface area (Å²) >= 11 is 0. The van der Waals surface area contributed by atoms with Crippen molar-refractivity contribution >= 4 is 11.9 Å². The van der Waals surface area contributed by atoms with Crippen molar-refractivity contribution in [2.45, 2.75) is 19.8 Å². The number of benzene rings is 1. The van der Waals surface area contributed by atoms with Gasteiger partial charge in [-0.25, -0.2) is 0 Å². The van der Waals surface area contributed by atoms with Crippen LogP contribution in [0.5, 0.6) is 11.5 Å². The smallest absolute Gasteiger partial charge is 0.309 e. The van der Waals surface area contributed by atoms with E-state index in [2.05, 4.69) is 5.32 Å². The van der Waals surface area contributed by atoms with Crippen LogP contribution in [0.4, 0.5) is 0 Å². The third kappa shape index (κ3) is 6.55. The first-order chi connectivity index (χ1) is 12.6. The monoisotopic (exact) mass is 365 g/mol. The summed E-state index contributed by atoms with van der Waals surface area (Å²) in [5, 5.41) is 2.88. The van der Waals surface area contributed by atoms with E-state index < -0.39 is 0 Å². The number of carbonyl (C=O) groups excluding carboxylic acids is 2. The zero-order valence-corrected chi connectivity index (χ0v) is 15.6. The van der Waals surface area contributed by atoms with Gasteiger partial charge in [-0.15, -0.1) is 0 Å². The standard InChI is InChI=1S/C19H28N2O5/c1-3-25-16-4-6-17(7-5-16)26-13-10-20-18(22)14-21-11-8-15(9-12-21)19(23)24-2/h4-7,15H,3,8-14H2,1-2H3,(H,20,22)/p+1. The molecule has 0 spiro atoms. The molecule has 1 aromatic rings. The Kier molecular flexibility index (Phi) is 8.21. The summed E-state index contributed by atoms with van der Waals surface area (Å²) in [5.74, 6) is 1.41. The van der Waals surface area contributed by atoms with Gasteiger partial charge >= 0.3 is 5.97 Å². The van der Waals surface area contributed by atoms with Crippen molar-refractivity contribution in [2.24, 2.45) is 5.92 Å². The molecular formula is C19H29N2O5+. The minimum absolute atomic E-state index is 0.00631. The summed E-state index contributed by atoms with van der Waals surface area (Å²) in [6, 6.07) is 7.42. The highest BCUT2D eigenvalue weighted by Gasteiger charge is 2.28. The van der Waals surface area contributed by atoms with Crippen molar-refractivity contribution in [3.8, 4) is 11.5 Å². The highest BCUT2D eigenvalue weighted by molar-refractivity contribution is 5.76. The van der Waals surface area contributed by atoms with Crippen LogP contribution in [0.3, 0.4) is 0 Å². The Labute approximate surface area is 154 Å². The first kappa shape index (κ1) is 20.0. The molecule has 7 nitrogen and oxygen atoms in total. The highest BCUT2D eigenvalue weighted by atomic mass is 16.5. The second-order valence-electron chi connectivity index (χ2n) is 6.33. The lowest BCUT2D eigenvalue weighted by molar-refractivity contribution is -0.897. The van der Waals surface area contributed by atoms with E-state index in [9.17, 15) is 9.59 Å². The fraction of sp³-hybridized carbons (Fsp3) is 0.579. The van der Waals surface area contributed by atoms with Gasteiger partial charge in [-0.3, -0.25) is 9.59 Å². The molecule has 7 heteroatoms. The Morgan fingerprint density at radius 2 is 1.73 bits per heavy atom. The van der Waals surface area contributed by atoms with Gasteiger partial charge in [-0.1, -0.05) is 0 Å². The van der Waals surface area contributed by atoms with E-state index in [1.165, 1.54) is 12.0 Å². The third-order valence-corrected chi connectivity index (χ3v) is 4.47. The Bertz CT molecular complexity index is 568. The highest BCUT2D eigenvalue weighted by Crippen LogP contribution is 2.17. The Morgan fingerprint density at radius 1 is 1.12 bits per heavy atom. The van der Waals surface area contributed by atoms with E-state index in [-0.39, 0.29) is 17.8 Å². The lowest BCUT2D eigenvalue weighted by atomic mass is 9.97. The van der Waals surface area contributed by atoms with Gasteiger partial charge < -0.3 is 24.4 Å². The van der Waals surface area contributed by atoms with Crippen LogP contribution >= 0.6 is 0 Å². The van der Waals surface area contributed by atoms with Gasteiger partial charge in [0.2, 0.25) is 0 Å². The summed E-state index contributed by atoms with van der Waals surface area (Å²) in [6.45, 7) is 5.51. The van der Waals surface area contributed by atoms with Gasteiger partial charge in [-0.05, 0) is 31.2 Å². The summed E-state index contributed by atoms with van der Waals surface area (Å²) in [6.07, 6.45) is 1.55. The van der Waals surface area contributed by atoms with Crippen molar-refractivity contribution in [3.05, 3.63) is 24.3 Å². The largest absolute Gasteiger partial charge is 0.494 e. The number of quaternary nitrogens is 1. The number of likely N-dealkylation sites (tertiary alicyclic amines) is 1. The van der Waals surface area contributed by atoms with E-state index in [0.29, 0.717) is 26.3 Å². The zero-order valence-electron chi connectivity index (χ0n) is 15.6. The van der Waals surface area contributed by atoms with Gasteiger partial charge in [0.1, 0.15) is 18.1 Å². The normalized spacial score (nSPS) is 19.5. The number of hydrogen-bond acceptors (Lipinski definition) is 5. The molecule has 1 fully saturated rings. The maximum Gasteiger partial charge on any atom is 0.309 e. The number of hydrogen-bond donors (Lipinski definition) is 2. The van der Waals surface area contributed by atoms with Crippen molar-refractivity contribution in [3.63, 3.8) is 0 Å². The molecule has 0 radical (unpaired) electrons. The molecule has 0 atom stereocenters. The van der Waals surface area contributed by atoms with Gasteiger partial charge in [-0.2, -0.15) is 0 Å². The number of ether oxygens (including phenoxy) is 3. The Hall–Kier alpha value is -2.28. The predicted molar refractivity (Wildman–Crippen MR) is 96.4 cm³/mol. The van der Waals surface area contributed by atoms with Crippen molar-refractivity contribution in [1.82, 2.24) is 5.32 Å². The van der Waals surface area contributed by atoms with Gasteiger partial charge in [0, 0.05) is 12.8 Å². The molecule has 1 aliphatic heterocycles. The summed E-state index contributed by atoms with van der Waals surface area (Å²) in [7, 11) is 1.42. The second-order valence-corrected chi connectivity index (χ2v) is 6.33. The average molecular weight is 365 g/mol. The molecular weight excluding hydrogens is 336 g/mol. The quantitative estimate of drug-likeness (QED) is 0.478. The molecule has 0 aromatic heterocycles. The molecule has 1 aromatic carbocycles. The molecule has 0 unspecified atom stereocenters. The number of esters is 1. The number of amides is 1. The summed E-state index contributed by atoms with van der Waals surface area (Å²) in [4.78, 5) is 24.7. The fourth-order valence-electron chi connectivity index (χ4n) is 3.05. The minimum atomic E-state index is -0.139. The average Bonchev–Trinajstić information content (AvgIpc) is 2.67. The topological polar surface area (TPSA) is 78.3 Å². The minimum Gasteiger partial charge on any atom is -0.494 e. The van der Waals surface area contributed by atoms with Crippen molar-refractivity contribution in [2.75, 3.05) is 46.5 Å². The molecule has 0 aliphatic carbocycles. The number of carbonyl (C=O) groups is 2. The number of nitrogens with one attached hydrogen (secondary N) is 2. The molecule has 1 heterocycles. The maximum atomic E-state index is 12.0. The van der Waals surface area contributed by atoms with E-state index in [1.807, 2.05) is 31.2 Å². The molecule has 2 N–H and O–H groups in total. The molecule has 1 amide bonds. The van der Waals surface area contributed by atoms with Crippen molar-refractivity contribution < 1.29 is 28.7 Å². The van der Waals surface area contributed by atoms with Crippen LogP contribution in [-0.4, -0.2) is 58.4 Å². The van der Waals surface area contributed by atoms with E-state index in [4.69, 9.17) is 14.2 Å². The lowest BCUT2D eigenvalue weighted by Gasteiger charge is -2.27. The van der Waals surface area contributed by atoms with Gasteiger partial charge in [0.15, 0.2) is 6.54 Å². The molecule has 0 bridgehead atoms. The first-order valence-corrected chi connectivity index (χ1v) is 9.16.